The van der Waals surface area contributed by atoms with E-state index in [4.69, 9.17) is 5.73 Å². The zero-order chi connectivity index (χ0) is 10.3. The summed E-state index contributed by atoms with van der Waals surface area (Å²) in [5.74, 6) is 0. The molecule has 1 aliphatic carbocycles. The Hall–Kier alpha value is -0.520. The van der Waals surface area contributed by atoms with Gasteiger partial charge < -0.3 is 5.73 Å². The third-order valence-corrected chi connectivity index (χ3v) is 2.39. The van der Waals surface area contributed by atoms with Crippen molar-refractivity contribution < 1.29 is 13.2 Å². The van der Waals surface area contributed by atoms with Gasteiger partial charge in [0.2, 0.25) is 0 Å². The summed E-state index contributed by atoms with van der Waals surface area (Å²) in [5.41, 5.74) is 6.10. The Balaban J connectivity index is 0.00000112. The Bertz CT molecular complexity index is 368. The Morgan fingerprint density at radius 1 is 1.25 bits per heavy atom. The summed E-state index contributed by atoms with van der Waals surface area (Å²) in [5, 5.41) is 0. The molecular weight excluding hydrogens is 264 g/mol. The molecule has 1 aliphatic rings. The quantitative estimate of drug-likeness (QED) is 0.790. The highest BCUT2D eigenvalue weighted by Crippen LogP contribution is 2.33. The normalized spacial score (nSPS) is 18.4. The molecule has 0 aliphatic heterocycles. The Kier molecular flexibility index (Phi) is 5.04. The Morgan fingerprint density at radius 2 is 1.88 bits per heavy atom. The second-order valence-corrected chi connectivity index (χ2v) is 3.38. The fourth-order valence-corrected chi connectivity index (χ4v) is 1.66. The van der Waals surface area contributed by atoms with E-state index in [0.29, 0.717) is 18.5 Å². The highest BCUT2D eigenvalue weighted by Gasteiger charge is 2.34. The molecule has 0 saturated carbocycles. The second kappa shape index (κ2) is 5.21. The highest BCUT2D eigenvalue weighted by molar-refractivity contribution is 5.85. The van der Waals surface area contributed by atoms with Gasteiger partial charge in [-0.2, -0.15) is 13.2 Å². The molecule has 0 unspecified atom stereocenters. The van der Waals surface area contributed by atoms with Crippen LogP contribution in [-0.4, -0.2) is 4.98 Å². The smallest absolute Gasteiger partial charge is 0.324 e. The minimum atomic E-state index is -4.36. The maximum atomic E-state index is 12.3. The van der Waals surface area contributed by atoms with E-state index in [1.54, 1.807) is 0 Å². The van der Waals surface area contributed by atoms with E-state index in [1.165, 1.54) is 6.07 Å². The van der Waals surface area contributed by atoms with Crippen LogP contribution in [0.5, 0.6) is 0 Å². The van der Waals surface area contributed by atoms with Crippen molar-refractivity contribution in [1.82, 2.24) is 4.98 Å². The van der Waals surface area contributed by atoms with Gasteiger partial charge in [0.25, 0.3) is 0 Å². The topological polar surface area (TPSA) is 38.9 Å². The summed E-state index contributed by atoms with van der Waals surface area (Å²) in [6.07, 6.45) is -3.13. The number of rotatable bonds is 0. The molecular formula is C9H11Cl2F3N2. The first kappa shape index (κ1) is 15.5. The summed E-state index contributed by atoms with van der Waals surface area (Å²) in [6.45, 7) is 0. The van der Waals surface area contributed by atoms with Gasteiger partial charge in [0.1, 0.15) is 5.69 Å². The molecule has 0 fully saturated rings. The number of aryl methyl sites for hydroxylation is 1. The average Bonchev–Trinajstić information content (AvgIpc) is 2.46. The number of hydrogen-bond donors (Lipinski definition) is 1. The van der Waals surface area contributed by atoms with E-state index in [0.717, 1.165) is 11.6 Å². The second-order valence-electron chi connectivity index (χ2n) is 3.38. The third kappa shape index (κ3) is 2.78. The Morgan fingerprint density at radius 3 is 2.44 bits per heavy atom. The van der Waals surface area contributed by atoms with E-state index in [2.05, 4.69) is 4.98 Å². The van der Waals surface area contributed by atoms with Gasteiger partial charge in [-0.15, -0.1) is 24.8 Å². The van der Waals surface area contributed by atoms with Crippen LogP contribution in [-0.2, 0) is 12.6 Å². The van der Waals surface area contributed by atoms with Crippen LogP contribution >= 0.6 is 24.8 Å². The lowest BCUT2D eigenvalue weighted by Crippen LogP contribution is -2.10. The first-order valence-electron chi connectivity index (χ1n) is 4.31. The van der Waals surface area contributed by atoms with Gasteiger partial charge in [0.05, 0.1) is 0 Å². The van der Waals surface area contributed by atoms with Crippen LogP contribution in [0.4, 0.5) is 13.2 Å². The zero-order valence-electron chi connectivity index (χ0n) is 8.12. The van der Waals surface area contributed by atoms with Crippen molar-refractivity contribution in [2.75, 3.05) is 0 Å². The maximum Gasteiger partial charge on any atom is 0.433 e. The number of hydrogen-bond acceptors (Lipinski definition) is 2. The predicted molar refractivity (Wildman–Crippen MR) is 59.0 cm³/mol. The summed E-state index contributed by atoms with van der Waals surface area (Å²) in [4.78, 5) is 3.57. The molecule has 2 nitrogen and oxygen atoms in total. The van der Waals surface area contributed by atoms with E-state index < -0.39 is 11.9 Å². The molecule has 0 saturated heterocycles. The lowest BCUT2D eigenvalue weighted by Gasteiger charge is -2.08. The fourth-order valence-electron chi connectivity index (χ4n) is 1.66. The lowest BCUT2D eigenvalue weighted by molar-refractivity contribution is -0.141. The third-order valence-electron chi connectivity index (χ3n) is 2.39. The van der Waals surface area contributed by atoms with Crippen LogP contribution in [0.3, 0.4) is 0 Å². The molecule has 0 radical (unpaired) electrons. The van der Waals surface area contributed by atoms with E-state index in [1.807, 2.05) is 0 Å². The van der Waals surface area contributed by atoms with E-state index in [-0.39, 0.29) is 30.9 Å². The number of aromatic nitrogens is 1. The highest BCUT2D eigenvalue weighted by atomic mass is 35.5. The number of alkyl halides is 3. The molecule has 0 aromatic carbocycles. The minimum absolute atomic E-state index is 0. The monoisotopic (exact) mass is 274 g/mol. The number of nitrogens with zero attached hydrogens (tertiary/aromatic N) is 1. The SMILES string of the molecule is Cl.Cl.N[C@@H]1CCc2nc(C(F)(F)F)ccc21. The molecule has 2 rings (SSSR count). The number of nitrogens with two attached hydrogens (primary N) is 1. The van der Waals surface area contributed by atoms with E-state index in [9.17, 15) is 13.2 Å². The molecule has 2 N–H and O–H groups in total. The van der Waals surface area contributed by atoms with E-state index >= 15 is 0 Å². The van der Waals surface area contributed by atoms with Gasteiger partial charge in [0.15, 0.2) is 0 Å². The average molecular weight is 275 g/mol. The molecule has 0 spiro atoms. The molecule has 1 heterocycles. The van der Waals surface area contributed by atoms with Gasteiger partial charge in [-0.25, -0.2) is 4.98 Å². The van der Waals surface area contributed by atoms with Gasteiger partial charge in [-0.3, -0.25) is 0 Å². The molecule has 1 aromatic heterocycles. The molecule has 1 aromatic rings. The van der Waals surface area contributed by atoms with Crippen LogP contribution in [0.15, 0.2) is 12.1 Å². The molecule has 0 amide bonds. The van der Waals surface area contributed by atoms with Gasteiger partial charge in [-0.1, -0.05) is 6.07 Å². The van der Waals surface area contributed by atoms with Crippen LogP contribution in [0.1, 0.15) is 29.4 Å². The molecule has 92 valence electrons. The molecule has 1 atom stereocenters. The van der Waals surface area contributed by atoms with Crippen LogP contribution in [0, 0.1) is 0 Å². The summed E-state index contributed by atoms with van der Waals surface area (Å²) >= 11 is 0. The number of fused-ring (bicyclic) bond motifs is 1. The van der Waals surface area contributed by atoms with Crippen molar-refractivity contribution in [2.24, 2.45) is 5.73 Å². The molecule has 7 heteroatoms. The molecule has 16 heavy (non-hydrogen) atoms. The van der Waals surface area contributed by atoms with Gasteiger partial charge >= 0.3 is 6.18 Å². The molecule has 0 bridgehead atoms. The first-order chi connectivity index (χ1) is 6.48. The predicted octanol–water partition coefficient (Wildman–Crippen LogP) is 2.89. The Labute approximate surface area is 103 Å². The van der Waals surface area contributed by atoms with Crippen LogP contribution < -0.4 is 5.73 Å². The van der Waals surface area contributed by atoms with Crippen molar-refractivity contribution in [3.05, 3.63) is 29.1 Å². The van der Waals surface area contributed by atoms with Crippen molar-refractivity contribution >= 4 is 24.8 Å². The van der Waals surface area contributed by atoms with Gasteiger partial charge in [0, 0.05) is 11.7 Å². The largest absolute Gasteiger partial charge is 0.433 e. The first-order valence-corrected chi connectivity index (χ1v) is 4.31. The summed E-state index contributed by atoms with van der Waals surface area (Å²) in [7, 11) is 0. The van der Waals surface area contributed by atoms with Crippen molar-refractivity contribution in [3.8, 4) is 0 Å². The summed E-state index contributed by atoms with van der Waals surface area (Å²) in [6, 6.07) is 2.27. The summed E-state index contributed by atoms with van der Waals surface area (Å²) < 4.78 is 36.8. The number of pyridine rings is 1. The number of halogens is 5. The van der Waals surface area contributed by atoms with Crippen LogP contribution in [0.2, 0.25) is 0 Å². The van der Waals surface area contributed by atoms with Crippen LogP contribution in [0.25, 0.3) is 0 Å². The van der Waals surface area contributed by atoms with Crippen molar-refractivity contribution in [1.29, 1.82) is 0 Å². The zero-order valence-corrected chi connectivity index (χ0v) is 9.75. The van der Waals surface area contributed by atoms with Crippen molar-refractivity contribution in [3.63, 3.8) is 0 Å². The fraction of sp³-hybridized carbons (Fsp3) is 0.444. The lowest BCUT2D eigenvalue weighted by atomic mass is 10.1. The maximum absolute atomic E-state index is 12.3. The van der Waals surface area contributed by atoms with Gasteiger partial charge in [-0.05, 0) is 24.5 Å². The standard InChI is InChI=1S/C9H9F3N2.2ClH/c10-9(11,12)8-4-1-5-6(13)2-3-7(5)14-8;;/h1,4,6H,2-3,13H2;2*1H/t6-;;/m1../s1. The minimum Gasteiger partial charge on any atom is -0.324 e. The van der Waals surface area contributed by atoms with Crippen molar-refractivity contribution in [2.45, 2.75) is 25.1 Å².